The number of nitrogens with zero attached hydrogens (tertiary/aromatic N) is 1. The molecule has 106 valence electrons. The van der Waals surface area contributed by atoms with Crippen molar-refractivity contribution in [1.82, 2.24) is 5.32 Å². The lowest BCUT2D eigenvalue weighted by Gasteiger charge is -2.31. The van der Waals surface area contributed by atoms with Crippen molar-refractivity contribution >= 4 is 29.1 Å². The van der Waals surface area contributed by atoms with Gasteiger partial charge in [0.15, 0.2) is 5.78 Å². The predicted octanol–water partition coefficient (Wildman–Crippen LogP) is 1.83. The molecule has 20 heavy (non-hydrogen) atoms. The number of carbonyl (C=O) groups excluding carboxylic acids is 2. The van der Waals surface area contributed by atoms with Crippen molar-refractivity contribution in [3.63, 3.8) is 0 Å². The number of aryl methyl sites for hydroxylation is 1. The second-order valence-corrected chi connectivity index (χ2v) is 6.30. The van der Waals surface area contributed by atoms with Crippen LogP contribution >= 0.6 is 11.8 Å². The van der Waals surface area contributed by atoms with Crippen molar-refractivity contribution in [2.24, 2.45) is 0 Å². The van der Waals surface area contributed by atoms with Gasteiger partial charge in [-0.25, -0.2) is 0 Å². The number of nitrogens with one attached hydrogen (secondary N) is 1. The lowest BCUT2D eigenvalue weighted by atomic mass is 9.97. The largest absolute Gasteiger partial charge is 0.311 e. The molecule has 2 aliphatic heterocycles. The van der Waals surface area contributed by atoms with Gasteiger partial charge in [0.25, 0.3) is 0 Å². The van der Waals surface area contributed by atoms with Gasteiger partial charge in [-0.05, 0) is 43.5 Å². The normalized spacial score (nSPS) is 21.6. The Balaban J connectivity index is 1.89. The quantitative estimate of drug-likeness (QED) is 0.844. The zero-order valence-corrected chi connectivity index (χ0v) is 12.3. The number of fused-ring (bicyclic) bond motifs is 1. The molecule has 3 rings (SSSR count). The maximum atomic E-state index is 12.6. The Morgan fingerprint density at radius 1 is 1.40 bits per heavy atom. The third-order valence-electron chi connectivity index (χ3n) is 3.89. The SMILES string of the molecule is CC(=O)c1ccc2c(c1)CCCN2C(=O)C1CSCN1. The molecule has 0 saturated carbocycles. The lowest BCUT2D eigenvalue weighted by molar-refractivity contribution is -0.120. The Morgan fingerprint density at radius 2 is 2.25 bits per heavy atom. The van der Waals surface area contributed by atoms with Gasteiger partial charge in [0, 0.05) is 29.4 Å². The average Bonchev–Trinajstić information content (AvgIpc) is 2.99. The fourth-order valence-corrected chi connectivity index (χ4v) is 3.72. The predicted molar refractivity (Wildman–Crippen MR) is 81.4 cm³/mol. The van der Waals surface area contributed by atoms with Crippen LogP contribution in [0, 0.1) is 0 Å². The molecule has 1 unspecified atom stereocenters. The second kappa shape index (κ2) is 5.58. The van der Waals surface area contributed by atoms with Gasteiger partial charge in [0.1, 0.15) is 0 Å². The van der Waals surface area contributed by atoms with E-state index >= 15 is 0 Å². The maximum Gasteiger partial charge on any atom is 0.245 e. The number of hydrogen-bond donors (Lipinski definition) is 1. The molecule has 0 radical (unpaired) electrons. The molecule has 1 N–H and O–H groups in total. The van der Waals surface area contributed by atoms with E-state index in [1.54, 1.807) is 18.7 Å². The molecule has 0 spiro atoms. The summed E-state index contributed by atoms with van der Waals surface area (Å²) in [5, 5.41) is 3.23. The number of ketones is 1. The molecular formula is C15H18N2O2S. The van der Waals surface area contributed by atoms with Crippen LogP contribution in [0.25, 0.3) is 0 Å². The Bertz CT molecular complexity index is 553. The molecule has 1 amide bonds. The highest BCUT2D eigenvalue weighted by Crippen LogP contribution is 2.29. The fourth-order valence-electron chi connectivity index (χ4n) is 2.79. The molecule has 1 saturated heterocycles. The van der Waals surface area contributed by atoms with Crippen molar-refractivity contribution in [3.8, 4) is 0 Å². The summed E-state index contributed by atoms with van der Waals surface area (Å²) in [5.74, 6) is 1.92. The number of anilines is 1. The fraction of sp³-hybridized carbons (Fsp3) is 0.467. The monoisotopic (exact) mass is 290 g/mol. The number of thioether (sulfide) groups is 1. The van der Waals surface area contributed by atoms with Crippen LogP contribution in [-0.4, -0.2) is 35.9 Å². The van der Waals surface area contributed by atoms with Crippen LogP contribution in [0.3, 0.4) is 0 Å². The van der Waals surface area contributed by atoms with Crippen molar-refractivity contribution in [2.75, 3.05) is 23.1 Å². The van der Waals surface area contributed by atoms with E-state index in [1.807, 2.05) is 23.1 Å². The second-order valence-electron chi connectivity index (χ2n) is 5.26. The van der Waals surface area contributed by atoms with E-state index in [2.05, 4.69) is 5.32 Å². The standard InChI is InChI=1S/C15H18N2O2S/c1-10(18)11-4-5-14-12(7-11)3-2-6-17(14)15(19)13-8-20-9-16-13/h4-5,7,13,16H,2-3,6,8-9H2,1H3. The summed E-state index contributed by atoms with van der Waals surface area (Å²) >= 11 is 1.76. The molecule has 1 aromatic rings. The molecule has 0 aromatic heterocycles. The van der Waals surface area contributed by atoms with Crippen LogP contribution < -0.4 is 10.2 Å². The van der Waals surface area contributed by atoms with Gasteiger partial charge in [0.05, 0.1) is 6.04 Å². The first kappa shape index (κ1) is 13.6. The summed E-state index contributed by atoms with van der Waals surface area (Å²) in [6, 6.07) is 5.61. The molecule has 2 heterocycles. The molecule has 1 aromatic carbocycles. The van der Waals surface area contributed by atoms with Gasteiger partial charge >= 0.3 is 0 Å². The average molecular weight is 290 g/mol. The lowest BCUT2D eigenvalue weighted by Crippen LogP contribution is -2.47. The van der Waals surface area contributed by atoms with Gasteiger partial charge < -0.3 is 4.90 Å². The Labute approximate surface area is 122 Å². The first-order chi connectivity index (χ1) is 9.66. The number of hydrogen-bond acceptors (Lipinski definition) is 4. The summed E-state index contributed by atoms with van der Waals surface area (Å²) < 4.78 is 0. The van der Waals surface area contributed by atoms with Gasteiger partial charge in [-0.3, -0.25) is 14.9 Å². The number of carbonyl (C=O) groups is 2. The Hall–Kier alpha value is -1.33. The minimum Gasteiger partial charge on any atom is -0.311 e. The van der Waals surface area contributed by atoms with E-state index in [1.165, 1.54) is 0 Å². The highest BCUT2D eigenvalue weighted by molar-refractivity contribution is 7.99. The van der Waals surface area contributed by atoms with Crippen molar-refractivity contribution in [3.05, 3.63) is 29.3 Å². The van der Waals surface area contributed by atoms with E-state index in [0.717, 1.165) is 47.8 Å². The van der Waals surface area contributed by atoms with Crippen LogP contribution in [-0.2, 0) is 11.2 Å². The zero-order chi connectivity index (χ0) is 14.1. The number of Topliss-reactive ketones (excluding diaryl/α,β-unsaturated/α-hetero) is 1. The third kappa shape index (κ3) is 2.47. The summed E-state index contributed by atoms with van der Waals surface area (Å²) in [6.45, 7) is 2.35. The van der Waals surface area contributed by atoms with E-state index in [4.69, 9.17) is 0 Å². The summed E-state index contributed by atoms with van der Waals surface area (Å²) in [6.07, 6.45) is 1.90. The van der Waals surface area contributed by atoms with Crippen LogP contribution in [0.5, 0.6) is 0 Å². The highest BCUT2D eigenvalue weighted by Gasteiger charge is 2.30. The van der Waals surface area contributed by atoms with Crippen LogP contribution in [0.4, 0.5) is 5.69 Å². The summed E-state index contributed by atoms with van der Waals surface area (Å²) in [5.41, 5.74) is 2.82. The first-order valence-electron chi connectivity index (χ1n) is 6.93. The van der Waals surface area contributed by atoms with E-state index in [0.29, 0.717) is 0 Å². The molecule has 1 fully saturated rings. The maximum absolute atomic E-state index is 12.6. The van der Waals surface area contributed by atoms with E-state index in [9.17, 15) is 9.59 Å². The van der Waals surface area contributed by atoms with Crippen molar-refractivity contribution in [2.45, 2.75) is 25.8 Å². The molecule has 0 aliphatic carbocycles. The van der Waals surface area contributed by atoms with Crippen LogP contribution in [0.1, 0.15) is 29.3 Å². The Morgan fingerprint density at radius 3 is 2.95 bits per heavy atom. The summed E-state index contributed by atoms with van der Waals surface area (Å²) in [4.78, 5) is 25.9. The van der Waals surface area contributed by atoms with Gasteiger partial charge in [-0.2, -0.15) is 0 Å². The highest BCUT2D eigenvalue weighted by atomic mass is 32.2. The van der Waals surface area contributed by atoms with Gasteiger partial charge in [-0.15, -0.1) is 11.8 Å². The van der Waals surface area contributed by atoms with Gasteiger partial charge in [0.2, 0.25) is 5.91 Å². The van der Waals surface area contributed by atoms with Gasteiger partial charge in [-0.1, -0.05) is 0 Å². The first-order valence-corrected chi connectivity index (χ1v) is 8.08. The minimum atomic E-state index is -0.0709. The van der Waals surface area contributed by atoms with Crippen molar-refractivity contribution < 1.29 is 9.59 Å². The Kier molecular flexibility index (Phi) is 3.81. The van der Waals surface area contributed by atoms with Crippen LogP contribution in [0.2, 0.25) is 0 Å². The number of amides is 1. The van der Waals surface area contributed by atoms with E-state index in [-0.39, 0.29) is 17.7 Å². The molecule has 4 nitrogen and oxygen atoms in total. The number of benzene rings is 1. The molecule has 2 aliphatic rings. The zero-order valence-electron chi connectivity index (χ0n) is 11.5. The third-order valence-corrected chi connectivity index (χ3v) is 4.82. The van der Waals surface area contributed by atoms with Crippen molar-refractivity contribution in [1.29, 1.82) is 0 Å². The summed E-state index contributed by atoms with van der Waals surface area (Å²) in [7, 11) is 0. The molecule has 0 bridgehead atoms. The minimum absolute atomic E-state index is 0.0709. The number of rotatable bonds is 2. The smallest absolute Gasteiger partial charge is 0.245 e. The van der Waals surface area contributed by atoms with E-state index < -0.39 is 0 Å². The van der Waals surface area contributed by atoms with Crippen LogP contribution in [0.15, 0.2) is 18.2 Å². The molecule has 5 heteroatoms. The molecular weight excluding hydrogens is 272 g/mol. The topological polar surface area (TPSA) is 49.4 Å². The molecule has 1 atom stereocenters.